The summed E-state index contributed by atoms with van der Waals surface area (Å²) in [5.41, 5.74) is 0. The van der Waals surface area contributed by atoms with Gasteiger partial charge in [-0.15, -0.1) is 0 Å². The highest BCUT2D eigenvalue weighted by molar-refractivity contribution is 6.35. The number of hydrogen-bond acceptors (Lipinski definition) is 4. The molecule has 1 amide bonds. The molecule has 0 atom stereocenters. The third kappa shape index (κ3) is 6.12. The average molecular weight is 348 g/mol. The van der Waals surface area contributed by atoms with Crippen LogP contribution in [-0.2, 0) is 14.3 Å². The predicted molar refractivity (Wildman–Crippen MR) is 85.5 cm³/mol. The fraction of sp³-hybridized carbons (Fsp3) is 0.467. The van der Waals surface area contributed by atoms with Gasteiger partial charge in [0.05, 0.1) is 11.6 Å². The molecular formula is C15H19Cl2NO4. The summed E-state index contributed by atoms with van der Waals surface area (Å²) in [4.78, 5) is 25.1. The van der Waals surface area contributed by atoms with Crippen LogP contribution in [0.3, 0.4) is 0 Å². The first-order chi connectivity index (χ1) is 10.5. The molecule has 0 heterocycles. The van der Waals surface area contributed by atoms with Gasteiger partial charge in [-0.3, -0.25) is 9.59 Å². The molecule has 22 heavy (non-hydrogen) atoms. The van der Waals surface area contributed by atoms with E-state index in [1.165, 1.54) is 11.0 Å². The van der Waals surface area contributed by atoms with E-state index < -0.39 is 5.97 Å². The van der Waals surface area contributed by atoms with Gasteiger partial charge in [0.2, 0.25) is 0 Å². The fourth-order valence-corrected chi connectivity index (χ4v) is 2.21. The lowest BCUT2D eigenvalue weighted by molar-refractivity contribution is -0.149. The zero-order valence-electron chi connectivity index (χ0n) is 12.6. The van der Waals surface area contributed by atoms with Gasteiger partial charge >= 0.3 is 5.97 Å². The third-order valence-electron chi connectivity index (χ3n) is 2.72. The molecule has 0 fully saturated rings. The zero-order valence-corrected chi connectivity index (χ0v) is 14.1. The van der Waals surface area contributed by atoms with Gasteiger partial charge in [0.25, 0.3) is 5.91 Å². The lowest BCUT2D eigenvalue weighted by atomic mass is 10.3. The van der Waals surface area contributed by atoms with Gasteiger partial charge in [-0.1, -0.05) is 30.1 Å². The highest BCUT2D eigenvalue weighted by Gasteiger charge is 2.18. The van der Waals surface area contributed by atoms with Crippen molar-refractivity contribution in [3.05, 3.63) is 28.2 Å². The highest BCUT2D eigenvalue weighted by Crippen LogP contribution is 2.27. The molecule has 0 aliphatic carbocycles. The summed E-state index contributed by atoms with van der Waals surface area (Å²) in [6, 6.07) is 4.74. The Kier molecular flexibility index (Phi) is 8.06. The van der Waals surface area contributed by atoms with E-state index in [0.717, 1.165) is 6.42 Å². The molecule has 0 N–H and O–H groups in total. The maximum absolute atomic E-state index is 12.1. The molecule has 0 saturated heterocycles. The molecule has 0 radical (unpaired) electrons. The van der Waals surface area contributed by atoms with Crippen LogP contribution in [0, 0.1) is 0 Å². The minimum absolute atomic E-state index is 0.0851. The average Bonchev–Trinajstić information content (AvgIpc) is 2.46. The van der Waals surface area contributed by atoms with Crippen molar-refractivity contribution < 1.29 is 19.1 Å². The Hall–Kier alpha value is -1.46. The van der Waals surface area contributed by atoms with Crippen molar-refractivity contribution in [1.29, 1.82) is 0 Å². The molecule has 0 bridgehead atoms. The largest absolute Gasteiger partial charge is 0.482 e. The molecule has 1 aromatic carbocycles. The third-order valence-corrected chi connectivity index (χ3v) is 3.25. The molecule has 0 aromatic heterocycles. The summed E-state index contributed by atoms with van der Waals surface area (Å²) >= 11 is 11.8. The van der Waals surface area contributed by atoms with Gasteiger partial charge in [-0.2, -0.15) is 0 Å². The standard InChI is InChI=1S/C15H19Cl2NO4/c1-3-7-18(9-15(20)21-4-2)14(19)10-22-13-6-5-11(16)8-12(13)17/h5-6,8H,3-4,7,9-10H2,1-2H3. The second-order valence-corrected chi connectivity index (χ2v) is 5.33. The number of carbonyl (C=O) groups excluding carboxylic acids is 2. The van der Waals surface area contributed by atoms with Crippen molar-refractivity contribution in [1.82, 2.24) is 4.90 Å². The normalized spacial score (nSPS) is 10.2. The van der Waals surface area contributed by atoms with Gasteiger partial charge in [0.1, 0.15) is 12.3 Å². The van der Waals surface area contributed by atoms with E-state index in [-0.39, 0.29) is 25.7 Å². The molecule has 1 aromatic rings. The van der Waals surface area contributed by atoms with Crippen LogP contribution in [0.25, 0.3) is 0 Å². The molecule has 0 aliphatic rings. The van der Waals surface area contributed by atoms with Crippen LogP contribution in [0.2, 0.25) is 10.0 Å². The molecule has 5 nitrogen and oxygen atoms in total. The maximum atomic E-state index is 12.1. The van der Waals surface area contributed by atoms with Gasteiger partial charge in [0, 0.05) is 11.6 Å². The predicted octanol–water partition coefficient (Wildman–Crippen LogP) is 3.17. The Morgan fingerprint density at radius 2 is 1.95 bits per heavy atom. The van der Waals surface area contributed by atoms with Crippen LogP contribution in [0.5, 0.6) is 5.75 Å². The molecule has 0 unspecified atom stereocenters. The first-order valence-electron chi connectivity index (χ1n) is 6.99. The molecule has 0 spiro atoms. The Balaban J connectivity index is 2.60. The quantitative estimate of drug-likeness (QED) is 0.677. The number of amides is 1. The topological polar surface area (TPSA) is 55.8 Å². The summed E-state index contributed by atoms with van der Waals surface area (Å²) in [5, 5.41) is 0.811. The van der Waals surface area contributed by atoms with Gasteiger partial charge < -0.3 is 14.4 Å². The van der Waals surface area contributed by atoms with Crippen LogP contribution >= 0.6 is 23.2 Å². The molecular weight excluding hydrogens is 329 g/mol. The monoisotopic (exact) mass is 347 g/mol. The minimum Gasteiger partial charge on any atom is -0.482 e. The van der Waals surface area contributed by atoms with E-state index in [2.05, 4.69) is 0 Å². The SMILES string of the molecule is CCCN(CC(=O)OCC)C(=O)COc1ccc(Cl)cc1Cl. The Morgan fingerprint density at radius 1 is 1.23 bits per heavy atom. The summed E-state index contributed by atoms with van der Waals surface area (Å²) in [6.07, 6.45) is 0.729. The van der Waals surface area contributed by atoms with Crippen molar-refractivity contribution >= 4 is 35.1 Å². The number of ether oxygens (including phenoxy) is 2. The van der Waals surface area contributed by atoms with Crippen molar-refractivity contribution in [3.8, 4) is 5.75 Å². The molecule has 0 saturated carbocycles. The van der Waals surface area contributed by atoms with E-state index in [4.69, 9.17) is 32.7 Å². The number of hydrogen-bond donors (Lipinski definition) is 0. The van der Waals surface area contributed by atoms with E-state index >= 15 is 0 Å². The van der Waals surface area contributed by atoms with Crippen molar-refractivity contribution in [2.75, 3.05) is 26.3 Å². The number of esters is 1. The Bertz CT molecular complexity index is 522. The second-order valence-electron chi connectivity index (χ2n) is 4.48. The maximum Gasteiger partial charge on any atom is 0.325 e. The first-order valence-corrected chi connectivity index (χ1v) is 7.74. The van der Waals surface area contributed by atoms with Crippen molar-refractivity contribution in [3.63, 3.8) is 0 Å². The molecule has 1 rings (SSSR count). The van der Waals surface area contributed by atoms with Crippen LogP contribution in [0.4, 0.5) is 0 Å². The summed E-state index contributed by atoms with van der Waals surface area (Å²) in [5.74, 6) is -0.373. The molecule has 122 valence electrons. The Labute approximate surface area is 140 Å². The summed E-state index contributed by atoms with van der Waals surface area (Å²) in [7, 11) is 0. The van der Waals surface area contributed by atoms with Gasteiger partial charge in [0.15, 0.2) is 6.61 Å². The summed E-state index contributed by atoms with van der Waals surface area (Å²) < 4.78 is 10.2. The number of nitrogens with zero attached hydrogens (tertiary/aromatic N) is 1. The smallest absolute Gasteiger partial charge is 0.325 e. The Morgan fingerprint density at radius 3 is 2.55 bits per heavy atom. The van der Waals surface area contributed by atoms with E-state index in [1.54, 1.807) is 19.1 Å². The molecule has 7 heteroatoms. The van der Waals surface area contributed by atoms with Gasteiger partial charge in [-0.25, -0.2) is 0 Å². The van der Waals surface area contributed by atoms with Crippen LogP contribution in [0.1, 0.15) is 20.3 Å². The molecule has 0 aliphatic heterocycles. The highest BCUT2D eigenvalue weighted by atomic mass is 35.5. The fourth-order valence-electron chi connectivity index (χ4n) is 1.75. The van der Waals surface area contributed by atoms with Gasteiger partial charge in [-0.05, 0) is 31.5 Å². The van der Waals surface area contributed by atoms with Crippen molar-refractivity contribution in [2.45, 2.75) is 20.3 Å². The van der Waals surface area contributed by atoms with E-state index in [1.807, 2.05) is 6.92 Å². The van der Waals surface area contributed by atoms with E-state index in [0.29, 0.717) is 22.3 Å². The van der Waals surface area contributed by atoms with E-state index in [9.17, 15) is 9.59 Å². The van der Waals surface area contributed by atoms with Crippen molar-refractivity contribution in [2.24, 2.45) is 0 Å². The lowest BCUT2D eigenvalue weighted by Gasteiger charge is -2.21. The lowest BCUT2D eigenvalue weighted by Crippen LogP contribution is -2.39. The summed E-state index contributed by atoms with van der Waals surface area (Å²) in [6.45, 7) is 4.08. The van der Waals surface area contributed by atoms with Crippen LogP contribution < -0.4 is 4.74 Å². The number of halogens is 2. The number of rotatable bonds is 8. The number of benzene rings is 1. The zero-order chi connectivity index (χ0) is 16.5. The van der Waals surface area contributed by atoms with Crippen LogP contribution in [-0.4, -0.2) is 43.1 Å². The second kappa shape index (κ2) is 9.54. The number of carbonyl (C=O) groups is 2. The first kappa shape index (κ1) is 18.6. The van der Waals surface area contributed by atoms with Crippen LogP contribution in [0.15, 0.2) is 18.2 Å². The minimum atomic E-state index is -0.436.